The zero-order valence-corrected chi connectivity index (χ0v) is 11.1. The molecule has 0 aliphatic carbocycles. The van der Waals surface area contributed by atoms with E-state index in [9.17, 15) is 4.79 Å². The molecule has 2 rings (SSSR count). The summed E-state index contributed by atoms with van der Waals surface area (Å²) in [6.07, 6.45) is 3.14. The number of benzene rings is 1. The molecule has 1 aromatic heterocycles. The number of allylic oxidation sites excluding steroid dienone is 1. The summed E-state index contributed by atoms with van der Waals surface area (Å²) < 4.78 is 5.22. The Labute approximate surface area is 116 Å². The van der Waals surface area contributed by atoms with E-state index in [-0.39, 0.29) is 5.91 Å². The molecule has 0 saturated carbocycles. The molecule has 0 fully saturated rings. The van der Waals surface area contributed by atoms with Crippen molar-refractivity contribution in [1.29, 1.82) is 0 Å². The highest BCUT2D eigenvalue weighted by atomic mass is 35.5. The van der Waals surface area contributed by atoms with Crippen LogP contribution in [0.5, 0.6) is 0 Å². The molecule has 0 bridgehead atoms. The van der Waals surface area contributed by atoms with Crippen LogP contribution in [-0.4, -0.2) is 11.1 Å². The van der Waals surface area contributed by atoms with Gasteiger partial charge >= 0.3 is 0 Å². The second kappa shape index (κ2) is 6.20. The number of amides is 1. The fourth-order valence-corrected chi connectivity index (χ4v) is 1.66. The van der Waals surface area contributed by atoms with Gasteiger partial charge < -0.3 is 9.84 Å². The van der Waals surface area contributed by atoms with Crippen LogP contribution in [0.1, 0.15) is 12.6 Å². The summed E-state index contributed by atoms with van der Waals surface area (Å²) in [7, 11) is 0. The Morgan fingerprint density at radius 2 is 2.16 bits per heavy atom. The molecule has 0 spiro atoms. The molecule has 0 atom stereocenters. The second-order valence-electron chi connectivity index (χ2n) is 3.91. The van der Waals surface area contributed by atoms with Crippen molar-refractivity contribution in [3.8, 4) is 11.3 Å². The Morgan fingerprint density at radius 1 is 1.42 bits per heavy atom. The van der Waals surface area contributed by atoms with E-state index in [2.05, 4.69) is 10.5 Å². The number of hydrogen-bond acceptors (Lipinski definition) is 3. The van der Waals surface area contributed by atoms with Crippen LogP contribution in [0.15, 0.2) is 47.0 Å². The SMILES string of the molecule is C/C=C\C(=O)NCc1cc(-c2ccc(Cl)cc2)on1. The lowest BCUT2D eigenvalue weighted by Crippen LogP contribution is -2.20. The standard InChI is InChI=1S/C14H13ClN2O2/c1-2-3-14(18)16-9-12-8-13(19-17-12)10-4-6-11(15)7-5-10/h2-8H,9H2,1H3,(H,16,18)/b3-2-. The monoisotopic (exact) mass is 276 g/mol. The van der Waals surface area contributed by atoms with E-state index in [1.165, 1.54) is 6.08 Å². The first kappa shape index (κ1) is 13.4. The van der Waals surface area contributed by atoms with Crippen molar-refractivity contribution in [1.82, 2.24) is 10.5 Å². The summed E-state index contributed by atoms with van der Waals surface area (Å²) in [4.78, 5) is 11.3. The van der Waals surface area contributed by atoms with Crippen molar-refractivity contribution < 1.29 is 9.32 Å². The third-order valence-corrected chi connectivity index (χ3v) is 2.70. The van der Waals surface area contributed by atoms with Gasteiger partial charge in [0.05, 0.1) is 6.54 Å². The largest absolute Gasteiger partial charge is 0.356 e. The number of aromatic nitrogens is 1. The minimum Gasteiger partial charge on any atom is -0.356 e. The number of nitrogens with zero attached hydrogens (tertiary/aromatic N) is 1. The molecule has 0 radical (unpaired) electrons. The zero-order valence-electron chi connectivity index (χ0n) is 10.4. The van der Waals surface area contributed by atoms with Crippen LogP contribution in [-0.2, 0) is 11.3 Å². The predicted molar refractivity (Wildman–Crippen MR) is 73.6 cm³/mol. The van der Waals surface area contributed by atoms with Gasteiger partial charge in [0.15, 0.2) is 5.76 Å². The van der Waals surface area contributed by atoms with Crippen LogP contribution in [0.4, 0.5) is 0 Å². The summed E-state index contributed by atoms with van der Waals surface area (Å²) in [6.45, 7) is 2.12. The lowest BCUT2D eigenvalue weighted by Gasteiger charge is -1.96. The number of halogens is 1. The van der Waals surface area contributed by atoms with Crippen molar-refractivity contribution in [2.75, 3.05) is 0 Å². The highest BCUT2D eigenvalue weighted by Gasteiger charge is 2.07. The third kappa shape index (κ3) is 3.69. The van der Waals surface area contributed by atoms with E-state index >= 15 is 0 Å². The highest BCUT2D eigenvalue weighted by Crippen LogP contribution is 2.22. The van der Waals surface area contributed by atoms with Gasteiger partial charge in [-0.15, -0.1) is 0 Å². The summed E-state index contributed by atoms with van der Waals surface area (Å²) in [6, 6.07) is 9.06. The molecule has 4 nitrogen and oxygen atoms in total. The first-order valence-corrected chi connectivity index (χ1v) is 6.19. The van der Waals surface area contributed by atoms with E-state index in [1.807, 2.05) is 12.1 Å². The van der Waals surface area contributed by atoms with Crippen LogP contribution in [0.25, 0.3) is 11.3 Å². The molecule has 0 unspecified atom stereocenters. The van der Waals surface area contributed by atoms with E-state index in [1.54, 1.807) is 31.2 Å². The lowest BCUT2D eigenvalue weighted by molar-refractivity contribution is -0.116. The average molecular weight is 277 g/mol. The van der Waals surface area contributed by atoms with Gasteiger partial charge in [-0.05, 0) is 37.3 Å². The van der Waals surface area contributed by atoms with Gasteiger partial charge in [0.2, 0.25) is 5.91 Å². The summed E-state index contributed by atoms with van der Waals surface area (Å²) in [5, 5.41) is 7.27. The molecular weight excluding hydrogens is 264 g/mol. The minimum absolute atomic E-state index is 0.154. The van der Waals surface area contributed by atoms with Crippen LogP contribution in [0, 0.1) is 0 Å². The van der Waals surface area contributed by atoms with Crippen molar-refractivity contribution in [2.45, 2.75) is 13.5 Å². The molecule has 0 aliphatic rings. The Bertz CT molecular complexity index is 588. The summed E-state index contributed by atoms with van der Waals surface area (Å²) in [5.74, 6) is 0.491. The second-order valence-corrected chi connectivity index (χ2v) is 4.34. The topological polar surface area (TPSA) is 55.1 Å². The van der Waals surface area contributed by atoms with Crippen LogP contribution in [0.3, 0.4) is 0 Å². The van der Waals surface area contributed by atoms with E-state index < -0.39 is 0 Å². The normalized spacial score (nSPS) is 10.8. The number of nitrogens with one attached hydrogen (secondary N) is 1. The molecule has 2 aromatic rings. The van der Waals surface area contributed by atoms with Crippen LogP contribution >= 0.6 is 11.6 Å². The number of carbonyl (C=O) groups is 1. The summed E-state index contributed by atoms with van der Waals surface area (Å²) in [5.41, 5.74) is 1.56. The molecule has 98 valence electrons. The predicted octanol–water partition coefficient (Wildman–Crippen LogP) is 3.19. The number of carbonyl (C=O) groups excluding carboxylic acids is 1. The van der Waals surface area contributed by atoms with Gasteiger partial charge in [-0.25, -0.2) is 0 Å². The highest BCUT2D eigenvalue weighted by molar-refractivity contribution is 6.30. The van der Waals surface area contributed by atoms with Gasteiger partial charge in [-0.2, -0.15) is 0 Å². The Kier molecular flexibility index (Phi) is 4.36. The first-order valence-electron chi connectivity index (χ1n) is 5.81. The van der Waals surface area contributed by atoms with Gasteiger partial charge in [0.1, 0.15) is 5.69 Å². The van der Waals surface area contributed by atoms with Crippen LogP contribution in [0.2, 0.25) is 5.02 Å². The maximum Gasteiger partial charge on any atom is 0.243 e. The Balaban J connectivity index is 2.03. The summed E-state index contributed by atoms with van der Waals surface area (Å²) >= 11 is 5.82. The number of rotatable bonds is 4. The Morgan fingerprint density at radius 3 is 2.84 bits per heavy atom. The Hall–Kier alpha value is -2.07. The quantitative estimate of drug-likeness (QED) is 0.873. The maximum atomic E-state index is 11.3. The van der Waals surface area contributed by atoms with Crippen molar-refractivity contribution in [3.05, 3.63) is 53.2 Å². The van der Waals surface area contributed by atoms with Gasteiger partial charge in [-0.3, -0.25) is 4.79 Å². The fraction of sp³-hybridized carbons (Fsp3) is 0.143. The van der Waals surface area contributed by atoms with Crippen LogP contribution < -0.4 is 5.32 Å². The molecule has 5 heteroatoms. The molecule has 1 aromatic carbocycles. The smallest absolute Gasteiger partial charge is 0.243 e. The van der Waals surface area contributed by atoms with Crippen molar-refractivity contribution >= 4 is 17.5 Å². The number of hydrogen-bond donors (Lipinski definition) is 1. The van der Waals surface area contributed by atoms with Crippen molar-refractivity contribution in [2.24, 2.45) is 0 Å². The zero-order chi connectivity index (χ0) is 13.7. The maximum absolute atomic E-state index is 11.3. The average Bonchev–Trinajstić information content (AvgIpc) is 2.86. The molecule has 1 N–H and O–H groups in total. The first-order chi connectivity index (χ1) is 9.19. The minimum atomic E-state index is -0.154. The van der Waals surface area contributed by atoms with Crippen molar-refractivity contribution in [3.63, 3.8) is 0 Å². The molecule has 0 aliphatic heterocycles. The molecule has 1 amide bonds. The molecule has 1 heterocycles. The molecule has 19 heavy (non-hydrogen) atoms. The molecular formula is C14H13ClN2O2. The fourth-order valence-electron chi connectivity index (χ4n) is 1.53. The molecule has 0 saturated heterocycles. The third-order valence-electron chi connectivity index (χ3n) is 2.45. The van der Waals surface area contributed by atoms with E-state index in [4.69, 9.17) is 16.1 Å². The lowest BCUT2D eigenvalue weighted by atomic mass is 10.1. The van der Waals surface area contributed by atoms with E-state index in [0.29, 0.717) is 23.0 Å². The van der Waals surface area contributed by atoms with E-state index in [0.717, 1.165) is 5.56 Å². The van der Waals surface area contributed by atoms with Gasteiger partial charge in [0.25, 0.3) is 0 Å². The van der Waals surface area contributed by atoms with Gasteiger partial charge in [0, 0.05) is 16.7 Å². The van der Waals surface area contributed by atoms with Gasteiger partial charge in [-0.1, -0.05) is 22.8 Å².